The molecule has 17 nitrogen and oxygen atoms in total. The highest BCUT2D eigenvalue weighted by atomic mass is 19.1. The Morgan fingerprint density at radius 2 is 1.16 bits per heavy atom. The molecule has 70 heavy (non-hydrogen) atoms. The second-order valence-corrected chi connectivity index (χ2v) is 17.9. The first-order chi connectivity index (χ1) is 33.8. The van der Waals surface area contributed by atoms with Crippen molar-refractivity contribution in [2.75, 3.05) is 18.6 Å². The summed E-state index contributed by atoms with van der Waals surface area (Å²) in [5.41, 5.74) is 18.4. The van der Waals surface area contributed by atoms with Crippen molar-refractivity contribution in [3.05, 3.63) is 147 Å². The van der Waals surface area contributed by atoms with E-state index in [2.05, 4.69) is 19.9 Å². The SMILES string of the molecule is COc1ccc(-c2nn(C(C)c3nc4ccccc4c(=O)n3C3CC3)c3ncnc(N)c23)cc1C.Cc1ccc(-c2nn(C(C)c3nc4ccc(F)cc4c(=O)n3C3CC3)c3ncnc(N)c23)cc1F. The van der Waals surface area contributed by atoms with Crippen LogP contribution in [0, 0.1) is 25.5 Å². The van der Waals surface area contributed by atoms with Gasteiger partial charge in [-0.3, -0.25) is 18.7 Å². The first-order valence-electron chi connectivity index (χ1n) is 22.9. The highest BCUT2D eigenvalue weighted by Gasteiger charge is 2.34. The van der Waals surface area contributed by atoms with Gasteiger partial charge in [-0.15, -0.1) is 0 Å². The van der Waals surface area contributed by atoms with E-state index in [1.165, 1.54) is 36.9 Å². The first-order valence-corrected chi connectivity index (χ1v) is 22.9. The van der Waals surface area contributed by atoms with Gasteiger partial charge in [0.05, 0.1) is 39.7 Å². The number of para-hydroxylation sites is 1. The third kappa shape index (κ3) is 7.44. The molecule has 2 aliphatic carbocycles. The van der Waals surface area contributed by atoms with Crippen molar-refractivity contribution >= 4 is 55.5 Å². The number of aryl methyl sites for hydroxylation is 2. The molecule has 12 rings (SSSR count). The fourth-order valence-electron chi connectivity index (χ4n) is 9.23. The molecule has 10 aromatic rings. The van der Waals surface area contributed by atoms with Crippen molar-refractivity contribution in [3.8, 4) is 28.3 Å². The van der Waals surface area contributed by atoms with E-state index in [1.54, 1.807) is 40.1 Å². The van der Waals surface area contributed by atoms with Crippen molar-refractivity contribution in [2.24, 2.45) is 0 Å². The Kier molecular flexibility index (Phi) is 10.7. The Bertz CT molecular complexity index is 3870. The molecule has 2 unspecified atom stereocenters. The number of nitrogens with zero attached hydrogens (tertiary/aromatic N) is 12. The summed E-state index contributed by atoms with van der Waals surface area (Å²) in [6, 6.07) is 21.4. The maximum absolute atomic E-state index is 14.4. The summed E-state index contributed by atoms with van der Waals surface area (Å²) < 4.78 is 40.6. The topological polar surface area (TPSA) is 218 Å². The van der Waals surface area contributed by atoms with Gasteiger partial charge in [0.15, 0.2) is 11.3 Å². The van der Waals surface area contributed by atoms with E-state index in [9.17, 15) is 18.4 Å². The van der Waals surface area contributed by atoms with Gasteiger partial charge in [-0.2, -0.15) is 10.2 Å². The Balaban J connectivity index is 0.000000152. The van der Waals surface area contributed by atoms with Crippen LogP contribution in [-0.2, 0) is 0 Å². The van der Waals surface area contributed by atoms with Crippen LogP contribution in [0.3, 0.4) is 0 Å². The van der Waals surface area contributed by atoms with E-state index in [1.807, 2.05) is 67.8 Å². The fourth-order valence-corrected chi connectivity index (χ4v) is 9.23. The normalized spacial score (nSPS) is 14.6. The maximum Gasteiger partial charge on any atom is 0.261 e. The smallest absolute Gasteiger partial charge is 0.261 e. The summed E-state index contributed by atoms with van der Waals surface area (Å²) in [5, 5.41) is 11.8. The lowest BCUT2D eigenvalue weighted by atomic mass is 10.1. The lowest BCUT2D eigenvalue weighted by Gasteiger charge is -2.19. The quantitative estimate of drug-likeness (QED) is 0.139. The van der Waals surface area contributed by atoms with Crippen molar-refractivity contribution in [1.29, 1.82) is 0 Å². The molecular formula is C51H46F2N14O3. The molecule has 352 valence electrons. The fraction of sp³-hybridized carbons (Fsp3) is 0.255. The molecule has 4 aromatic carbocycles. The number of fused-ring (bicyclic) bond motifs is 4. The zero-order valence-corrected chi connectivity index (χ0v) is 38.8. The predicted molar refractivity (Wildman–Crippen MR) is 262 cm³/mol. The molecule has 19 heteroatoms. The number of nitrogens with two attached hydrogens (primary N) is 2. The Morgan fingerprint density at radius 3 is 1.70 bits per heavy atom. The van der Waals surface area contributed by atoms with Crippen LogP contribution in [-0.4, -0.2) is 65.7 Å². The molecule has 2 atom stereocenters. The van der Waals surface area contributed by atoms with Gasteiger partial charge in [0.2, 0.25) is 0 Å². The van der Waals surface area contributed by atoms with Gasteiger partial charge in [-0.25, -0.2) is 48.0 Å². The number of hydrogen-bond donors (Lipinski definition) is 2. The molecule has 6 aromatic heterocycles. The molecule has 0 aliphatic heterocycles. The summed E-state index contributed by atoms with van der Waals surface area (Å²) in [6.45, 7) is 7.52. The van der Waals surface area contributed by atoms with E-state index in [-0.39, 0.29) is 46.3 Å². The zero-order chi connectivity index (χ0) is 48.7. The number of methoxy groups -OCH3 is 1. The molecule has 2 aliphatic rings. The third-order valence-electron chi connectivity index (χ3n) is 13.2. The van der Waals surface area contributed by atoms with E-state index >= 15 is 0 Å². The molecule has 0 bridgehead atoms. The van der Waals surface area contributed by atoms with Crippen LogP contribution in [0.4, 0.5) is 20.4 Å². The minimum absolute atomic E-state index is 0.00713. The van der Waals surface area contributed by atoms with Crippen molar-refractivity contribution in [1.82, 2.24) is 58.6 Å². The van der Waals surface area contributed by atoms with E-state index in [0.717, 1.165) is 42.6 Å². The number of aromatic nitrogens is 12. The third-order valence-corrected chi connectivity index (χ3v) is 13.2. The van der Waals surface area contributed by atoms with E-state index < -0.39 is 11.9 Å². The van der Waals surface area contributed by atoms with Gasteiger partial charge >= 0.3 is 0 Å². The molecule has 2 saturated carbocycles. The zero-order valence-electron chi connectivity index (χ0n) is 38.8. The number of ether oxygens (including phenoxy) is 1. The number of benzene rings is 4. The summed E-state index contributed by atoms with van der Waals surface area (Å²) in [7, 11) is 1.65. The summed E-state index contributed by atoms with van der Waals surface area (Å²) in [5.74, 6) is 1.66. The van der Waals surface area contributed by atoms with E-state index in [4.69, 9.17) is 36.4 Å². The van der Waals surface area contributed by atoms with Gasteiger partial charge in [0, 0.05) is 23.2 Å². The van der Waals surface area contributed by atoms with Crippen LogP contribution in [0.1, 0.15) is 86.5 Å². The lowest BCUT2D eigenvalue weighted by molar-refractivity contribution is 0.412. The number of nitrogen functional groups attached to an aromatic ring is 2. The van der Waals surface area contributed by atoms with Crippen molar-refractivity contribution in [3.63, 3.8) is 0 Å². The van der Waals surface area contributed by atoms with Gasteiger partial charge in [0.25, 0.3) is 11.1 Å². The predicted octanol–water partition coefficient (Wildman–Crippen LogP) is 8.36. The molecule has 0 radical (unpaired) electrons. The number of hydrogen-bond acceptors (Lipinski definition) is 13. The standard InChI is InChI=1S/C26H25N7O2.C25H21F2N7O/c1-14-12-16(8-11-20(14)35-3)22-21-23(27)28-13-29-25(21)33(31-22)15(2)24-30-19-7-5-4-6-18(19)26(34)32(24)17-9-10-17;1-12-3-4-14(9-18(12)27)21-20-22(28)29-11-30-24(20)34(32-21)13(2)23-31-19-8-5-15(26)10-17(19)25(35)33(23)16-6-7-16/h4-8,11-13,15,17H,9-10H2,1-3H3,(H2,27,28,29);3-5,8-11,13,16H,6-7H2,1-2H3,(H2,28,29,30). The highest BCUT2D eigenvalue weighted by molar-refractivity contribution is 5.99. The first kappa shape index (κ1) is 44.1. The monoisotopic (exact) mass is 940 g/mol. The summed E-state index contributed by atoms with van der Waals surface area (Å²) in [4.78, 5) is 53.8. The Morgan fingerprint density at radius 1 is 0.629 bits per heavy atom. The van der Waals surface area contributed by atoms with Crippen LogP contribution in [0.2, 0.25) is 0 Å². The molecule has 0 spiro atoms. The average Bonchev–Trinajstić information content (AvgIpc) is 4.30. The lowest BCUT2D eigenvalue weighted by Crippen LogP contribution is -2.28. The van der Waals surface area contributed by atoms with Crippen molar-refractivity contribution in [2.45, 2.75) is 77.5 Å². The van der Waals surface area contributed by atoms with Crippen LogP contribution in [0.15, 0.2) is 101 Å². The van der Waals surface area contributed by atoms with Crippen molar-refractivity contribution < 1.29 is 13.5 Å². The molecule has 4 N–H and O–H groups in total. The maximum atomic E-state index is 14.4. The second-order valence-electron chi connectivity index (χ2n) is 17.9. The Labute approximate surface area is 397 Å². The Hall–Kier alpha value is -8.48. The molecule has 2 fully saturated rings. The molecule has 0 saturated heterocycles. The summed E-state index contributed by atoms with van der Waals surface area (Å²) in [6.07, 6.45) is 6.38. The minimum atomic E-state index is -0.529. The second kappa shape index (κ2) is 16.9. The largest absolute Gasteiger partial charge is 0.496 e. The molecular weight excluding hydrogens is 895 g/mol. The van der Waals surface area contributed by atoms with Gasteiger partial charge in [0.1, 0.15) is 76.8 Å². The molecule has 0 amide bonds. The number of anilines is 2. The number of rotatable bonds is 9. The van der Waals surface area contributed by atoms with Crippen LogP contribution in [0.25, 0.3) is 66.4 Å². The summed E-state index contributed by atoms with van der Waals surface area (Å²) >= 11 is 0. The van der Waals surface area contributed by atoms with Gasteiger partial charge in [-0.05, 0) is 119 Å². The van der Waals surface area contributed by atoms with E-state index in [0.29, 0.717) is 78.5 Å². The van der Waals surface area contributed by atoms with Crippen LogP contribution >= 0.6 is 0 Å². The minimum Gasteiger partial charge on any atom is -0.496 e. The number of halogens is 2. The van der Waals surface area contributed by atoms with Crippen LogP contribution in [0.5, 0.6) is 5.75 Å². The highest BCUT2D eigenvalue weighted by Crippen LogP contribution is 2.40. The van der Waals surface area contributed by atoms with Gasteiger partial charge < -0.3 is 16.2 Å². The molecule has 6 heterocycles. The average molecular weight is 941 g/mol. The van der Waals surface area contributed by atoms with Gasteiger partial charge in [-0.1, -0.05) is 24.3 Å². The van der Waals surface area contributed by atoms with Crippen LogP contribution < -0.4 is 27.3 Å².